The van der Waals surface area contributed by atoms with Crippen LogP contribution >= 0.6 is 0 Å². The van der Waals surface area contributed by atoms with Crippen molar-refractivity contribution >= 4 is 11.8 Å². The topological polar surface area (TPSA) is 75.8 Å². The van der Waals surface area contributed by atoms with Gasteiger partial charge < -0.3 is 10.6 Å². The Morgan fingerprint density at radius 2 is 1.21 bits per heavy atom. The first kappa shape index (κ1) is 20.1. The van der Waals surface area contributed by atoms with Crippen molar-refractivity contribution < 1.29 is 18.7 Å². The first-order valence-corrected chi connectivity index (χ1v) is 9.95. The molecule has 1 aliphatic carbocycles. The molecular formula is C20H32N6O2+2. The molecule has 2 aromatic heterocycles. The van der Waals surface area contributed by atoms with E-state index >= 15 is 0 Å². The third-order valence-corrected chi connectivity index (χ3v) is 5.84. The second kappa shape index (κ2) is 8.58. The summed E-state index contributed by atoms with van der Waals surface area (Å²) in [5.74, 6) is 2.27. The maximum absolute atomic E-state index is 12.4. The van der Waals surface area contributed by atoms with Gasteiger partial charge in [-0.25, -0.2) is 18.3 Å². The van der Waals surface area contributed by atoms with Gasteiger partial charge in [0, 0.05) is 13.1 Å². The first-order chi connectivity index (χ1) is 13.4. The van der Waals surface area contributed by atoms with Crippen LogP contribution in [0.4, 0.5) is 0 Å². The van der Waals surface area contributed by atoms with Crippen LogP contribution in [-0.2, 0) is 28.2 Å². The molecule has 1 aliphatic rings. The van der Waals surface area contributed by atoms with Gasteiger partial charge in [-0.3, -0.25) is 9.59 Å². The van der Waals surface area contributed by atoms with E-state index in [2.05, 4.69) is 10.6 Å². The van der Waals surface area contributed by atoms with Crippen molar-refractivity contribution in [1.29, 1.82) is 0 Å². The molecule has 0 radical (unpaired) electrons. The van der Waals surface area contributed by atoms with Crippen LogP contribution in [0.1, 0.15) is 46.9 Å². The smallest absolute Gasteiger partial charge is 0.345 e. The average molecular weight is 389 g/mol. The highest BCUT2D eigenvalue weighted by Crippen LogP contribution is 2.28. The van der Waals surface area contributed by atoms with E-state index in [1.165, 1.54) is 0 Å². The van der Waals surface area contributed by atoms with E-state index in [1.807, 2.05) is 71.2 Å². The van der Waals surface area contributed by atoms with Crippen LogP contribution in [0.3, 0.4) is 0 Å². The zero-order valence-electron chi connectivity index (χ0n) is 17.3. The van der Waals surface area contributed by atoms with Crippen LogP contribution in [0, 0.1) is 11.8 Å². The zero-order chi connectivity index (χ0) is 20.3. The van der Waals surface area contributed by atoms with E-state index < -0.39 is 0 Å². The summed E-state index contributed by atoms with van der Waals surface area (Å²) in [5, 5.41) is 6.15. The lowest BCUT2D eigenvalue weighted by molar-refractivity contribution is -0.673. The number of carbonyl (C=O) groups excluding carboxylic acids is 2. The van der Waals surface area contributed by atoms with Gasteiger partial charge in [0.1, 0.15) is 24.8 Å². The molecular weight excluding hydrogens is 356 g/mol. The van der Waals surface area contributed by atoms with Gasteiger partial charge in [0.15, 0.2) is 0 Å². The molecule has 8 heteroatoms. The third kappa shape index (κ3) is 4.43. The van der Waals surface area contributed by atoms with Crippen LogP contribution in [-0.4, -0.2) is 34.0 Å². The summed E-state index contributed by atoms with van der Waals surface area (Å²) in [5.41, 5.74) is 0. The Labute approximate surface area is 166 Å². The number of aromatic nitrogens is 4. The van der Waals surface area contributed by atoms with Crippen LogP contribution in [0.25, 0.3) is 0 Å². The first-order valence-electron chi connectivity index (χ1n) is 9.95. The highest BCUT2D eigenvalue weighted by Gasteiger charge is 2.26. The molecule has 1 fully saturated rings. The fourth-order valence-electron chi connectivity index (χ4n) is 4.09. The molecule has 1 saturated carbocycles. The van der Waals surface area contributed by atoms with Gasteiger partial charge in [-0.2, -0.15) is 0 Å². The average Bonchev–Trinajstić information content (AvgIpc) is 3.19. The number of amides is 2. The fourth-order valence-corrected chi connectivity index (χ4v) is 4.09. The monoisotopic (exact) mass is 388 g/mol. The predicted octanol–water partition coefficient (Wildman–Crippen LogP) is -0.0212. The molecule has 2 N–H and O–H groups in total. The van der Waals surface area contributed by atoms with E-state index in [0.29, 0.717) is 36.6 Å². The summed E-state index contributed by atoms with van der Waals surface area (Å²) >= 11 is 0. The van der Waals surface area contributed by atoms with Gasteiger partial charge >= 0.3 is 23.5 Å². The van der Waals surface area contributed by atoms with E-state index in [1.54, 1.807) is 0 Å². The summed E-state index contributed by atoms with van der Waals surface area (Å²) < 4.78 is 7.34. The molecule has 0 aromatic carbocycles. The minimum absolute atomic E-state index is 0.0279. The molecule has 152 valence electrons. The highest BCUT2D eigenvalue weighted by molar-refractivity contribution is 5.89. The Morgan fingerprint density at radius 3 is 1.50 bits per heavy atom. The van der Waals surface area contributed by atoms with Crippen molar-refractivity contribution in [3.05, 3.63) is 36.4 Å². The standard InChI is InChI=1S/C20H30N6O2/c1-23-9-10-24(2)19(23)17(27)21-13-15-5-7-16(8-6-15)14-22-18(28)20-25(3)11-12-26(20)4/h9-12,15-16H,5-8,13-14H2,1-4H3/p+2. The third-order valence-electron chi connectivity index (χ3n) is 5.84. The van der Waals surface area contributed by atoms with Crippen LogP contribution in [0.15, 0.2) is 24.8 Å². The molecule has 0 saturated heterocycles. The maximum atomic E-state index is 12.4. The molecule has 0 spiro atoms. The van der Waals surface area contributed by atoms with Crippen molar-refractivity contribution in [2.24, 2.45) is 40.0 Å². The van der Waals surface area contributed by atoms with Crippen molar-refractivity contribution in [3.8, 4) is 0 Å². The normalized spacial score (nSPS) is 19.4. The largest absolute Gasteiger partial charge is 0.347 e. The van der Waals surface area contributed by atoms with E-state index in [-0.39, 0.29) is 11.8 Å². The van der Waals surface area contributed by atoms with Gasteiger partial charge in [-0.15, -0.1) is 0 Å². The van der Waals surface area contributed by atoms with E-state index in [4.69, 9.17) is 0 Å². The minimum atomic E-state index is -0.0279. The van der Waals surface area contributed by atoms with Crippen molar-refractivity contribution in [3.63, 3.8) is 0 Å². The van der Waals surface area contributed by atoms with E-state index in [0.717, 1.165) is 25.7 Å². The zero-order valence-corrected chi connectivity index (χ0v) is 17.3. The number of hydrogen-bond acceptors (Lipinski definition) is 2. The van der Waals surface area contributed by atoms with Crippen molar-refractivity contribution in [2.75, 3.05) is 13.1 Å². The number of aryl methyl sites for hydroxylation is 4. The minimum Gasteiger partial charge on any atom is -0.345 e. The molecule has 28 heavy (non-hydrogen) atoms. The maximum Gasteiger partial charge on any atom is 0.347 e. The number of nitrogens with zero attached hydrogens (tertiary/aromatic N) is 4. The summed E-state index contributed by atoms with van der Waals surface area (Å²) in [7, 11) is 7.52. The Morgan fingerprint density at radius 1 is 0.857 bits per heavy atom. The quantitative estimate of drug-likeness (QED) is 0.683. The second-order valence-corrected chi connectivity index (χ2v) is 7.99. The summed E-state index contributed by atoms with van der Waals surface area (Å²) in [4.78, 5) is 24.8. The fraction of sp³-hybridized carbons (Fsp3) is 0.600. The van der Waals surface area contributed by atoms with Crippen molar-refractivity contribution in [2.45, 2.75) is 25.7 Å². The summed E-state index contributed by atoms with van der Waals surface area (Å²) in [6.07, 6.45) is 11.8. The second-order valence-electron chi connectivity index (χ2n) is 7.99. The molecule has 3 rings (SSSR count). The Kier molecular flexibility index (Phi) is 6.16. The Balaban J connectivity index is 1.40. The lowest BCUT2D eigenvalue weighted by Crippen LogP contribution is -2.43. The lowest BCUT2D eigenvalue weighted by Gasteiger charge is -2.28. The molecule has 2 heterocycles. The lowest BCUT2D eigenvalue weighted by atomic mass is 9.82. The van der Waals surface area contributed by atoms with E-state index in [9.17, 15) is 9.59 Å². The number of imidazole rings is 2. The SMILES string of the molecule is Cn1cc[n+](C)c1C(=O)NCC1CCC(CNC(=O)c2n(C)cc[n+]2C)CC1. The molecule has 0 unspecified atom stereocenters. The predicted molar refractivity (Wildman–Crippen MR) is 103 cm³/mol. The molecule has 8 nitrogen and oxygen atoms in total. The molecule has 2 amide bonds. The van der Waals surface area contributed by atoms with Crippen molar-refractivity contribution in [1.82, 2.24) is 19.8 Å². The number of hydrogen-bond donors (Lipinski definition) is 2. The number of nitrogens with one attached hydrogen (secondary N) is 2. The number of rotatable bonds is 6. The van der Waals surface area contributed by atoms with Crippen LogP contribution in [0.5, 0.6) is 0 Å². The van der Waals surface area contributed by atoms with Gasteiger partial charge in [0.25, 0.3) is 0 Å². The van der Waals surface area contributed by atoms with Crippen LogP contribution in [0.2, 0.25) is 0 Å². The van der Waals surface area contributed by atoms with Gasteiger partial charge in [0.05, 0.1) is 28.2 Å². The summed E-state index contributed by atoms with van der Waals surface area (Å²) in [6.45, 7) is 1.42. The number of carbonyl (C=O) groups is 2. The Hall–Kier alpha value is -2.64. The molecule has 0 bridgehead atoms. The van der Waals surface area contributed by atoms with Crippen LogP contribution < -0.4 is 19.8 Å². The Bertz CT molecular complexity index is 736. The molecule has 0 aliphatic heterocycles. The van der Waals surface area contributed by atoms with Gasteiger partial charge in [0.2, 0.25) is 0 Å². The highest BCUT2D eigenvalue weighted by atomic mass is 16.2. The molecule has 0 atom stereocenters. The van der Waals surface area contributed by atoms with Gasteiger partial charge in [-0.05, 0) is 37.5 Å². The van der Waals surface area contributed by atoms with Gasteiger partial charge in [-0.1, -0.05) is 0 Å². The molecule has 2 aromatic rings. The summed E-state index contributed by atoms with van der Waals surface area (Å²) in [6, 6.07) is 0.